The fraction of sp³-hybridized carbons (Fsp3) is 0.897. The molecular weight excluding hydrogens is 616 g/mol. The maximum absolute atomic E-state index is 13.5. The van der Waals surface area contributed by atoms with Gasteiger partial charge in [0.05, 0.1) is 31.8 Å². The molecule has 1 aromatic rings. The van der Waals surface area contributed by atoms with Crippen molar-refractivity contribution in [2.45, 2.75) is 125 Å². The summed E-state index contributed by atoms with van der Waals surface area (Å²) in [5.41, 5.74) is 6.16. The van der Waals surface area contributed by atoms with Crippen molar-refractivity contribution in [1.29, 1.82) is 0 Å². The molecule has 5 aliphatic rings. The minimum Gasteiger partial charge on any atom is -0.481 e. The number of tetrazole rings is 1. The first-order valence-corrected chi connectivity index (χ1v) is 19.1. The van der Waals surface area contributed by atoms with E-state index in [1.54, 1.807) is 4.80 Å². The molecule has 0 spiro atoms. The van der Waals surface area contributed by atoms with Crippen molar-refractivity contribution in [2.24, 2.45) is 62.6 Å². The Morgan fingerprint density at radius 2 is 1.82 bits per heavy atom. The second-order valence-electron chi connectivity index (χ2n) is 19.2. The lowest BCUT2D eigenvalue weighted by atomic mass is 9.34. The summed E-state index contributed by atoms with van der Waals surface area (Å²) in [6.45, 7) is 24.9. The van der Waals surface area contributed by atoms with Crippen LogP contribution < -0.4 is 5.73 Å². The number of fused-ring (bicyclic) bond motifs is 3. The average Bonchev–Trinajstić information content (AvgIpc) is 3.45. The summed E-state index contributed by atoms with van der Waals surface area (Å²) in [4.78, 5) is 17.5. The summed E-state index contributed by atoms with van der Waals surface area (Å²) in [5.74, 6) is 0.902. The number of ether oxygens (including phenoxy) is 2. The van der Waals surface area contributed by atoms with Crippen molar-refractivity contribution in [3.8, 4) is 0 Å². The van der Waals surface area contributed by atoms with Gasteiger partial charge in [0.15, 0.2) is 0 Å². The summed E-state index contributed by atoms with van der Waals surface area (Å²) in [7, 11) is 4.27. The van der Waals surface area contributed by atoms with Gasteiger partial charge in [0.2, 0.25) is 0 Å². The van der Waals surface area contributed by atoms with E-state index in [1.807, 2.05) is 0 Å². The SMILES string of the molecule is CC(C)[C@@H](C)[C@@]1(C)CC[C@]2(C)[C@H]3CC[C@@H]4C5(COC[C@]4(C)[C@@H](OC[C@@](C)(C(C)C)N(C)C)[C@H](n4nnc(N)n4)C5)C3=CC[C@@]2(C)[C@@H]1C(=O)O. The Morgan fingerprint density at radius 1 is 1.12 bits per heavy atom. The van der Waals surface area contributed by atoms with Gasteiger partial charge in [-0.1, -0.05) is 79.1 Å². The molecule has 4 aliphatic carbocycles. The van der Waals surface area contributed by atoms with E-state index in [1.165, 1.54) is 5.57 Å². The Bertz CT molecular complexity index is 1450. The predicted octanol–water partition coefficient (Wildman–Crippen LogP) is 6.75. The zero-order valence-corrected chi connectivity index (χ0v) is 32.5. The minimum atomic E-state index is -0.626. The molecule has 2 heterocycles. The normalized spacial score (nSPS) is 43.7. The van der Waals surface area contributed by atoms with Crippen molar-refractivity contribution in [1.82, 2.24) is 25.1 Å². The first-order chi connectivity index (χ1) is 22.7. The van der Waals surface area contributed by atoms with Gasteiger partial charge in [-0.05, 0) is 111 Å². The van der Waals surface area contributed by atoms with Crippen LogP contribution >= 0.6 is 0 Å². The molecule has 0 amide bonds. The van der Waals surface area contributed by atoms with Gasteiger partial charge in [-0.15, -0.1) is 5.10 Å². The summed E-state index contributed by atoms with van der Waals surface area (Å²) >= 11 is 0. The first-order valence-electron chi connectivity index (χ1n) is 19.1. The highest BCUT2D eigenvalue weighted by Gasteiger charge is 2.72. The van der Waals surface area contributed by atoms with Gasteiger partial charge >= 0.3 is 5.97 Å². The zero-order valence-electron chi connectivity index (χ0n) is 32.5. The number of likely N-dealkylation sites (N-methyl/N-ethyl adjacent to an activating group) is 1. The van der Waals surface area contributed by atoms with Crippen molar-refractivity contribution in [3.05, 3.63) is 11.6 Å². The number of carbonyl (C=O) groups is 1. The highest BCUT2D eigenvalue weighted by molar-refractivity contribution is 5.73. The lowest BCUT2D eigenvalue weighted by molar-refractivity contribution is -0.256. The van der Waals surface area contributed by atoms with Gasteiger partial charge in [-0.2, -0.15) is 4.80 Å². The van der Waals surface area contributed by atoms with Crippen LogP contribution in [0.4, 0.5) is 5.95 Å². The van der Waals surface area contributed by atoms with Crippen LogP contribution in [0.5, 0.6) is 0 Å². The summed E-state index contributed by atoms with van der Waals surface area (Å²) in [6.07, 6.45) is 7.97. The third-order valence-corrected chi connectivity index (χ3v) is 16.7. The number of carboxylic acid groups (broad SMARTS) is 1. The van der Waals surface area contributed by atoms with Gasteiger partial charge in [-0.25, -0.2) is 0 Å². The molecule has 12 atom stereocenters. The van der Waals surface area contributed by atoms with Gasteiger partial charge in [-0.3, -0.25) is 4.79 Å². The molecule has 10 heteroatoms. The minimum absolute atomic E-state index is 0.145. The quantitative estimate of drug-likeness (QED) is 0.272. The number of aromatic nitrogens is 4. The van der Waals surface area contributed by atoms with E-state index in [0.717, 1.165) is 38.5 Å². The molecule has 276 valence electrons. The van der Waals surface area contributed by atoms with E-state index in [-0.39, 0.29) is 50.7 Å². The van der Waals surface area contributed by atoms with E-state index in [0.29, 0.717) is 49.4 Å². The maximum atomic E-state index is 13.5. The molecular formula is C39H66N6O4. The Labute approximate surface area is 295 Å². The van der Waals surface area contributed by atoms with Gasteiger partial charge in [0, 0.05) is 16.4 Å². The van der Waals surface area contributed by atoms with Crippen molar-refractivity contribution in [2.75, 3.05) is 39.6 Å². The highest BCUT2D eigenvalue weighted by Crippen LogP contribution is 2.75. The lowest BCUT2D eigenvalue weighted by Gasteiger charge is -2.71. The van der Waals surface area contributed by atoms with Gasteiger partial charge in [0.25, 0.3) is 5.95 Å². The number of hydrogen-bond acceptors (Lipinski definition) is 8. The Hall–Kier alpha value is -2.04. The van der Waals surface area contributed by atoms with E-state index >= 15 is 0 Å². The molecule has 3 N–H and O–H groups in total. The van der Waals surface area contributed by atoms with Crippen LogP contribution in [0.3, 0.4) is 0 Å². The number of nitrogens with two attached hydrogens (primary N) is 1. The van der Waals surface area contributed by atoms with Crippen LogP contribution in [-0.2, 0) is 14.3 Å². The molecule has 10 nitrogen and oxygen atoms in total. The number of allylic oxidation sites excluding steroid dienone is 1. The summed E-state index contributed by atoms with van der Waals surface area (Å²) in [6, 6.07) is -0.164. The van der Waals surface area contributed by atoms with Crippen LogP contribution in [0, 0.1) is 62.6 Å². The van der Waals surface area contributed by atoms with Crippen LogP contribution in [0.2, 0.25) is 0 Å². The lowest BCUT2D eigenvalue weighted by Crippen LogP contribution is -2.69. The third kappa shape index (κ3) is 5.02. The maximum Gasteiger partial charge on any atom is 0.307 e. The molecule has 1 saturated heterocycles. The fourth-order valence-corrected chi connectivity index (χ4v) is 12.6. The monoisotopic (exact) mass is 683 g/mol. The van der Waals surface area contributed by atoms with E-state index in [2.05, 4.69) is 110 Å². The molecule has 0 radical (unpaired) electrons. The zero-order chi connectivity index (χ0) is 36.1. The molecule has 6 rings (SSSR count). The smallest absolute Gasteiger partial charge is 0.307 e. The topological polar surface area (TPSA) is 129 Å². The third-order valence-electron chi connectivity index (χ3n) is 16.7. The highest BCUT2D eigenvalue weighted by atomic mass is 16.5. The number of rotatable bonds is 9. The molecule has 0 aromatic carbocycles. The van der Waals surface area contributed by atoms with Crippen LogP contribution in [0.25, 0.3) is 0 Å². The second kappa shape index (κ2) is 12.0. The number of nitrogens with zero attached hydrogens (tertiary/aromatic N) is 5. The first kappa shape index (κ1) is 36.7. The number of carboxylic acids is 1. The van der Waals surface area contributed by atoms with E-state index < -0.39 is 11.9 Å². The standard InChI is InChI=1S/C39H66N6O4/c1-23(2)25(5)34(6)17-18-36(8)26-13-14-29-35(7)20-48-22-39(29,27(26)15-16-37(36,9)30(34)32(46)47)19-28(45-42-33(40)41-43-45)31(35)49-21-38(10,24(3)4)44(11)12/h15,23-26,28-31H,13-14,16-22H2,1-12H3,(H2,40,42)(H,46,47)/t25-,26+,28-,29+,30-,31+,34-,35+,36-,37+,38+,39?/m1/s1. The molecule has 2 bridgehead atoms. The molecule has 49 heavy (non-hydrogen) atoms. The van der Waals surface area contributed by atoms with Crippen molar-refractivity contribution >= 4 is 11.9 Å². The van der Waals surface area contributed by atoms with E-state index in [4.69, 9.17) is 15.2 Å². The average molecular weight is 683 g/mol. The summed E-state index contributed by atoms with van der Waals surface area (Å²) in [5, 5.41) is 24.3. The molecule has 1 aromatic heterocycles. The van der Waals surface area contributed by atoms with Gasteiger partial charge < -0.3 is 25.2 Å². The number of anilines is 1. The van der Waals surface area contributed by atoms with Crippen molar-refractivity contribution in [3.63, 3.8) is 0 Å². The largest absolute Gasteiger partial charge is 0.481 e. The Morgan fingerprint density at radius 3 is 2.39 bits per heavy atom. The van der Waals surface area contributed by atoms with Crippen LogP contribution in [0.1, 0.15) is 114 Å². The van der Waals surface area contributed by atoms with Gasteiger partial charge in [0.1, 0.15) is 6.04 Å². The Kier molecular flexibility index (Phi) is 9.00. The molecule has 4 fully saturated rings. The number of nitrogen functional groups attached to an aromatic ring is 1. The molecule has 1 aliphatic heterocycles. The predicted molar refractivity (Wildman–Crippen MR) is 192 cm³/mol. The van der Waals surface area contributed by atoms with E-state index in [9.17, 15) is 9.90 Å². The molecule has 1 unspecified atom stereocenters. The second-order valence-corrected chi connectivity index (χ2v) is 19.2. The molecule has 3 saturated carbocycles. The van der Waals surface area contributed by atoms with Crippen LogP contribution in [0.15, 0.2) is 11.6 Å². The van der Waals surface area contributed by atoms with Crippen molar-refractivity contribution < 1.29 is 19.4 Å². The number of aliphatic carboxylic acids is 1. The summed E-state index contributed by atoms with van der Waals surface area (Å²) < 4.78 is 13.9. The fourth-order valence-electron chi connectivity index (χ4n) is 12.6. The Balaban J connectivity index is 1.44. The van der Waals surface area contributed by atoms with Crippen LogP contribution in [-0.4, -0.2) is 81.7 Å². The number of hydrogen-bond donors (Lipinski definition) is 2.